The molecule has 0 radical (unpaired) electrons. The van der Waals surface area contributed by atoms with E-state index in [1.807, 2.05) is 55.5 Å². The lowest BCUT2D eigenvalue weighted by Gasteiger charge is -2.11. The first-order valence-electron chi connectivity index (χ1n) is 6.24. The highest BCUT2D eigenvalue weighted by Crippen LogP contribution is 2.18. The highest BCUT2D eigenvalue weighted by Gasteiger charge is 2.00. The fraction of sp³-hybridized carbons (Fsp3) is 0.133. The fourth-order valence-corrected chi connectivity index (χ4v) is 2.02. The first-order chi connectivity index (χ1) is 9.67. The summed E-state index contributed by atoms with van der Waals surface area (Å²) < 4.78 is 5.44. The summed E-state index contributed by atoms with van der Waals surface area (Å²) in [6, 6.07) is 15.0. The second-order valence-corrected chi connectivity index (χ2v) is 4.89. The Kier molecular flexibility index (Phi) is 5.21. The Labute approximate surface area is 128 Å². The van der Waals surface area contributed by atoms with Gasteiger partial charge in [-0.25, -0.2) is 0 Å². The Morgan fingerprint density at radius 2 is 1.80 bits per heavy atom. The monoisotopic (exact) mass is 306 g/mol. The lowest BCUT2D eigenvalue weighted by Crippen LogP contribution is -2.18. The molecule has 0 aliphatic rings. The molecule has 5 heteroatoms. The van der Waals surface area contributed by atoms with Gasteiger partial charge in [0.2, 0.25) is 0 Å². The molecule has 0 aromatic heterocycles. The first kappa shape index (κ1) is 14.6. The van der Waals surface area contributed by atoms with Gasteiger partial charge in [0.1, 0.15) is 5.75 Å². The molecule has 0 spiro atoms. The third-order valence-corrected chi connectivity index (χ3v) is 2.96. The Hall–Kier alpha value is -1.78. The Morgan fingerprint density at radius 1 is 1.10 bits per heavy atom. The van der Waals surface area contributed by atoms with E-state index in [0.717, 1.165) is 17.1 Å². The molecule has 2 aromatic rings. The van der Waals surface area contributed by atoms with Crippen LogP contribution in [0.5, 0.6) is 5.75 Å². The minimum absolute atomic E-state index is 0.515. The quantitative estimate of drug-likeness (QED) is 0.812. The minimum Gasteiger partial charge on any atom is -0.494 e. The van der Waals surface area contributed by atoms with Gasteiger partial charge in [0.25, 0.3) is 0 Å². The van der Waals surface area contributed by atoms with Crippen molar-refractivity contribution in [2.75, 3.05) is 17.2 Å². The van der Waals surface area contributed by atoms with Crippen LogP contribution in [0.15, 0.2) is 48.5 Å². The molecule has 3 nitrogen and oxygen atoms in total. The fourth-order valence-electron chi connectivity index (χ4n) is 1.66. The first-order valence-corrected chi connectivity index (χ1v) is 7.02. The molecule has 0 atom stereocenters. The van der Waals surface area contributed by atoms with Crippen molar-refractivity contribution in [3.8, 4) is 5.75 Å². The number of hydrogen-bond acceptors (Lipinski definition) is 2. The largest absolute Gasteiger partial charge is 0.494 e. The summed E-state index contributed by atoms with van der Waals surface area (Å²) in [5, 5.41) is 7.41. The maximum Gasteiger partial charge on any atom is 0.175 e. The van der Waals surface area contributed by atoms with E-state index in [1.54, 1.807) is 0 Å². The van der Waals surface area contributed by atoms with E-state index < -0.39 is 0 Å². The van der Waals surface area contributed by atoms with E-state index in [1.165, 1.54) is 0 Å². The van der Waals surface area contributed by atoms with Gasteiger partial charge in [-0.15, -0.1) is 0 Å². The lowest BCUT2D eigenvalue weighted by atomic mass is 10.3. The van der Waals surface area contributed by atoms with Crippen LogP contribution in [-0.4, -0.2) is 11.7 Å². The highest BCUT2D eigenvalue weighted by molar-refractivity contribution is 7.80. The Bertz CT molecular complexity index is 587. The summed E-state index contributed by atoms with van der Waals surface area (Å²) in [5.41, 5.74) is 1.76. The van der Waals surface area contributed by atoms with Gasteiger partial charge in [-0.2, -0.15) is 0 Å². The summed E-state index contributed by atoms with van der Waals surface area (Å²) in [6.07, 6.45) is 0. The van der Waals surface area contributed by atoms with E-state index in [4.69, 9.17) is 28.6 Å². The van der Waals surface area contributed by atoms with Crippen LogP contribution in [0.1, 0.15) is 6.92 Å². The van der Waals surface area contributed by atoms with Gasteiger partial charge in [-0.05, 0) is 55.5 Å². The molecule has 0 fully saturated rings. The van der Waals surface area contributed by atoms with E-state index in [9.17, 15) is 0 Å². The van der Waals surface area contributed by atoms with Crippen LogP contribution in [0.3, 0.4) is 0 Å². The molecule has 104 valence electrons. The zero-order valence-corrected chi connectivity index (χ0v) is 12.6. The van der Waals surface area contributed by atoms with Gasteiger partial charge >= 0.3 is 0 Å². The molecule has 0 heterocycles. The molecular weight excluding hydrogens is 292 g/mol. The molecule has 2 rings (SSSR count). The number of thiocarbonyl (C=S) groups is 1. The highest BCUT2D eigenvalue weighted by atomic mass is 35.5. The number of rotatable bonds is 4. The van der Waals surface area contributed by atoms with Crippen LogP contribution in [0.4, 0.5) is 11.4 Å². The number of ether oxygens (including phenoxy) is 1. The molecule has 0 aliphatic carbocycles. The molecule has 0 amide bonds. The van der Waals surface area contributed by atoms with E-state index in [-0.39, 0.29) is 0 Å². The number of nitrogens with one attached hydrogen (secondary N) is 2. The van der Waals surface area contributed by atoms with Crippen LogP contribution in [0.2, 0.25) is 5.02 Å². The number of anilines is 2. The standard InChI is InChI=1S/C15H15ClN2OS/c1-2-19-14-5-3-4-13(10-14)18-15(20)17-12-8-6-11(16)7-9-12/h3-10H,2H2,1H3,(H2,17,18,20). The number of hydrogen-bond donors (Lipinski definition) is 2. The molecule has 20 heavy (non-hydrogen) atoms. The molecule has 0 unspecified atom stereocenters. The van der Waals surface area contributed by atoms with Crippen LogP contribution in [-0.2, 0) is 0 Å². The Morgan fingerprint density at radius 3 is 2.50 bits per heavy atom. The second-order valence-electron chi connectivity index (χ2n) is 4.05. The maximum absolute atomic E-state index is 5.83. The summed E-state index contributed by atoms with van der Waals surface area (Å²) in [6.45, 7) is 2.59. The maximum atomic E-state index is 5.83. The van der Waals surface area contributed by atoms with Crippen molar-refractivity contribution < 1.29 is 4.74 Å². The topological polar surface area (TPSA) is 33.3 Å². The van der Waals surface area contributed by atoms with Gasteiger partial charge in [0.05, 0.1) is 6.61 Å². The van der Waals surface area contributed by atoms with Crippen LogP contribution < -0.4 is 15.4 Å². The van der Waals surface area contributed by atoms with Crippen LogP contribution in [0, 0.1) is 0 Å². The van der Waals surface area contributed by atoms with E-state index in [2.05, 4.69) is 10.6 Å². The molecule has 0 aliphatic heterocycles. The smallest absolute Gasteiger partial charge is 0.175 e. The van der Waals surface area contributed by atoms with Crippen molar-refractivity contribution in [1.29, 1.82) is 0 Å². The van der Waals surface area contributed by atoms with Crippen molar-refractivity contribution in [3.05, 3.63) is 53.6 Å². The van der Waals surface area contributed by atoms with Crippen molar-refractivity contribution >= 4 is 40.3 Å². The number of benzene rings is 2. The van der Waals surface area contributed by atoms with E-state index in [0.29, 0.717) is 16.7 Å². The SMILES string of the molecule is CCOc1cccc(NC(=S)Nc2ccc(Cl)cc2)c1. The van der Waals surface area contributed by atoms with Gasteiger partial charge in [-0.3, -0.25) is 0 Å². The minimum atomic E-state index is 0.515. The second kappa shape index (κ2) is 7.12. The van der Waals surface area contributed by atoms with E-state index >= 15 is 0 Å². The molecule has 0 saturated carbocycles. The van der Waals surface area contributed by atoms with Gasteiger partial charge in [0.15, 0.2) is 5.11 Å². The molecule has 2 N–H and O–H groups in total. The predicted molar refractivity (Wildman–Crippen MR) is 88.9 cm³/mol. The van der Waals surface area contributed by atoms with Gasteiger partial charge in [-0.1, -0.05) is 17.7 Å². The van der Waals surface area contributed by atoms with Gasteiger partial charge in [0, 0.05) is 22.5 Å². The summed E-state index contributed by atoms with van der Waals surface area (Å²) in [7, 11) is 0. The summed E-state index contributed by atoms with van der Waals surface area (Å²) in [4.78, 5) is 0. The zero-order chi connectivity index (χ0) is 14.4. The number of halogens is 1. The third kappa shape index (κ3) is 4.40. The van der Waals surface area contributed by atoms with Crippen molar-refractivity contribution in [2.45, 2.75) is 6.92 Å². The predicted octanol–water partition coefficient (Wildman–Crippen LogP) is 4.55. The summed E-state index contributed by atoms with van der Waals surface area (Å²) in [5.74, 6) is 0.812. The molecule has 0 saturated heterocycles. The average molecular weight is 307 g/mol. The lowest BCUT2D eigenvalue weighted by molar-refractivity contribution is 0.340. The molecular formula is C15H15ClN2OS. The van der Waals surface area contributed by atoms with Crippen LogP contribution >= 0.6 is 23.8 Å². The van der Waals surface area contributed by atoms with Gasteiger partial charge < -0.3 is 15.4 Å². The zero-order valence-electron chi connectivity index (χ0n) is 11.0. The van der Waals surface area contributed by atoms with Crippen molar-refractivity contribution in [3.63, 3.8) is 0 Å². The van der Waals surface area contributed by atoms with Crippen molar-refractivity contribution in [2.24, 2.45) is 0 Å². The Balaban J connectivity index is 1.97. The van der Waals surface area contributed by atoms with Crippen LogP contribution in [0.25, 0.3) is 0 Å². The third-order valence-electron chi connectivity index (χ3n) is 2.50. The van der Waals surface area contributed by atoms with Crippen molar-refractivity contribution in [1.82, 2.24) is 0 Å². The molecule has 2 aromatic carbocycles. The normalized spacial score (nSPS) is 9.90. The average Bonchev–Trinajstić information content (AvgIpc) is 2.42. The molecule has 0 bridgehead atoms. The summed E-state index contributed by atoms with van der Waals surface area (Å²) >= 11 is 11.1.